The van der Waals surface area contributed by atoms with Crippen LogP contribution in [0.3, 0.4) is 0 Å². The van der Waals surface area contributed by atoms with Crippen LogP contribution in [-0.4, -0.2) is 38.2 Å². The fraction of sp³-hybridized carbons (Fsp3) is 0.611. The zero-order chi connectivity index (χ0) is 16.3. The molecule has 5 nitrogen and oxygen atoms in total. The van der Waals surface area contributed by atoms with Crippen molar-refractivity contribution in [1.82, 2.24) is 0 Å². The number of hydrogen-bond acceptors (Lipinski definition) is 5. The van der Waals surface area contributed by atoms with E-state index in [1.54, 1.807) is 7.11 Å². The topological polar surface area (TPSA) is 54.0 Å². The van der Waals surface area contributed by atoms with E-state index in [1.807, 2.05) is 37.3 Å². The number of esters is 1. The van der Waals surface area contributed by atoms with Crippen molar-refractivity contribution in [2.45, 2.75) is 51.3 Å². The summed E-state index contributed by atoms with van der Waals surface area (Å²) >= 11 is 0. The molecule has 0 amide bonds. The quantitative estimate of drug-likeness (QED) is 0.723. The van der Waals surface area contributed by atoms with Crippen molar-refractivity contribution in [3.8, 4) is 0 Å². The maximum absolute atomic E-state index is 12.1. The van der Waals surface area contributed by atoms with Gasteiger partial charge in [0.1, 0.15) is 0 Å². The van der Waals surface area contributed by atoms with Gasteiger partial charge in [0, 0.05) is 13.5 Å². The van der Waals surface area contributed by atoms with Gasteiger partial charge in [0.05, 0.1) is 37.3 Å². The van der Waals surface area contributed by atoms with Gasteiger partial charge < -0.3 is 18.9 Å². The summed E-state index contributed by atoms with van der Waals surface area (Å²) < 4.78 is 22.7. The maximum atomic E-state index is 12.1. The molecule has 2 fully saturated rings. The van der Waals surface area contributed by atoms with E-state index in [2.05, 4.69) is 0 Å². The maximum Gasteiger partial charge on any atom is 0.306 e. The van der Waals surface area contributed by atoms with E-state index in [0.29, 0.717) is 13.2 Å². The Morgan fingerprint density at radius 3 is 2.83 bits per heavy atom. The van der Waals surface area contributed by atoms with Gasteiger partial charge in [0.25, 0.3) is 0 Å². The van der Waals surface area contributed by atoms with Crippen LogP contribution in [0.2, 0.25) is 0 Å². The molecule has 126 valence electrons. The Morgan fingerprint density at radius 1 is 1.35 bits per heavy atom. The van der Waals surface area contributed by atoms with Crippen molar-refractivity contribution in [2.75, 3.05) is 13.7 Å². The Hall–Kier alpha value is -1.43. The molecule has 1 aromatic rings. The second kappa shape index (κ2) is 6.99. The van der Waals surface area contributed by atoms with E-state index >= 15 is 0 Å². The molecule has 4 atom stereocenters. The third-order valence-corrected chi connectivity index (χ3v) is 4.80. The molecule has 2 bridgehead atoms. The number of hydrogen-bond donors (Lipinski definition) is 0. The molecule has 2 aliphatic rings. The Morgan fingerprint density at radius 2 is 2.13 bits per heavy atom. The van der Waals surface area contributed by atoms with Gasteiger partial charge in [-0.25, -0.2) is 0 Å². The van der Waals surface area contributed by atoms with Crippen molar-refractivity contribution >= 4 is 5.97 Å². The summed E-state index contributed by atoms with van der Waals surface area (Å²) in [6.07, 6.45) is 1.47. The van der Waals surface area contributed by atoms with Gasteiger partial charge >= 0.3 is 5.97 Å². The Bertz CT molecular complexity index is 531. The number of fused-ring (bicyclic) bond motifs is 2. The minimum atomic E-state index is -0.444. The molecule has 1 saturated heterocycles. The van der Waals surface area contributed by atoms with Gasteiger partial charge in [-0.05, 0) is 18.9 Å². The predicted molar refractivity (Wildman–Crippen MR) is 83.6 cm³/mol. The minimum absolute atomic E-state index is 0.0594. The number of benzene rings is 1. The fourth-order valence-electron chi connectivity index (χ4n) is 3.82. The third-order valence-electron chi connectivity index (χ3n) is 4.80. The molecular formula is C18H24O5. The van der Waals surface area contributed by atoms with Crippen LogP contribution in [0.15, 0.2) is 30.3 Å². The number of methoxy groups -OCH3 is 1. The van der Waals surface area contributed by atoms with E-state index < -0.39 is 11.7 Å². The molecule has 1 aromatic carbocycles. The van der Waals surface area contributed by atoms with Crippen LogP contribution in [0.1, 0.15) is 31.7 Å². The second-order valence-electron chi connectivity index (χ2n) is 6.27. The van der Waals surface area contributed by atoms with E-state index in [1.165, 1.54) is 0 Å². The molecule has 0 spiro atoms. The SMILES string of the molecule is CCOC(=O)C[C@]12C[C@H](C[C@H]1OCc1ccccc1)O[C@@H]2OC. The fourth-order valence-corrected chi connectivity index (χ4v) is 3.82. The summed E-state index contributed by atoms with van der Waals surface area (Å²) in [6, 6.07) is 10.0. The third kappa shape index (κ3) is 3.27. The zero-order valence-electron chi connectivity index (χ0n) is 13.7. The lowest BCUT2D eigenvalue weighted by Gasteiger charge is -2.38. The van der Waals surface area contributed by atoms with Crippen molar-refractivity contribution < 1.29 is 23.7 Å². The van der Waals surface area contributed by atoms with Crippen LogP contribution in [0.4, 0.5) is 0 Å². The average molecular weight is 320 g/mol. The van der Waals surface area contributed by atoms with Gasteiger partial charge in [0.15, 0.2) is 6.29 Å². The van der Waals surface area contributed by atoms with Crippen LogP contribution >= 0.6 is 0 Å². The van der Waals surface area contributed by atoms with Crippen molar-refractivity contribution in [3.05, 3.63) is 35.9 Å². The summed E-state index contributed by atoms with van der Waals surface area (Å²) in [5.74, 6) is -0.214. The van der Waals surface area contributed by atoms with Crippen LogP contribution < -0.4 is 0 Å². The summed E-state index contributed by atoms with van der Waals surface area (Å²) in [7, 11) is 1.62. The highest BCUT2D eigenvalue weighted by molar-refractivity contribution is 5.70. The number of ether oxygens (including phenoxy) is 4. The molecule has 3 rings (SSSR count). The summed E-state index contributed by atoms with van der Waals surface area (Å²) in [6.45, 7) is 2.72. The summed E-state index contributed by atoms with van der Waals surface area (Å²) in [4.78, 5) is 12.1. The molecular weight excluding hydrogens is 296 g/mol. The lowest BCUT2D eigenvalue weighted by Crippen LogP contribution is -2.46. The molecule has 0 radical (unpaired) electrons. The Labute approximate surface area is 136 Å². The minimum Gasteiger partial charge on any atom is -0.466 e. The molecule has 23 heavy (non-hydrogen) atoms. The Kier molecular flexibility index (Phi) is 4.99. The molecule has 1 aliphatic heterocycles. The van der Waals surface area contributed by atoms with Gasteiger partial charge in [-0.15, -0.1) is 0 Å². The van der Waals surface area contributed by atoms with Gasteiger partial charge in [-0.1, -0.05) is 30.3 Å². The highest BCUT2D eigenvalue weighted by Gasteiger charge is 2.61. The van der Waals surface area contributed by atoms with E-state index in [0.717, 1.165) is 18.4 Å². The number of carbonyl (C=O) groups excluding carboxylic acids is 1. The molecule has 0 unspecified atom stereocenters. The van der Waals surface area contributed by atoms with Crippen LogP contribution in [-0.2, 0) is 30.3 Å². The van der Waals surface area contributed by atoms with E-state index in [4.69, 9.17) is 18.9 Å². The average Bonchev–Trinajstić information content (AvgIpc) is 3.07. The number of rotatable bonds is 7. The molecule has 0 N–H and O–H groups in total. The monoisotopic (exact) mass is 320 g/mol. The number of carbonyl (C=O) groups is 1. The first kappa shape index (κ1) is 16.4. The van der Waals surface area contributed by atoms with Gasteiger partial charge in [-0.2, -0.15) is 0 Å². The standard InChI is InChI=1S/C18H24O5/c1-3-21-16(19)11-18-10-14(23-17(18)20-2)9-15(18)22-12-13-7-5-4-6-8-13/h4-8,14-15,17H,3,9-12H2,1-2H3/t14-,15+,17-,18+/m0/s1. The molecule has 1 heterocycles. The largest absolute Gasteiger partial charge is 0.466 e. The zero-order valence-corrected chi connectivity index (χ0v) is 13.7. The van der Waals surface area contributed by atoms with Crippen molar-refractivity contribution in [3.63, 3.8) is 0 Å². The predicted octanol–water partition coefficient (Wildman–Crippen LogP) is 2.68. The highest BCUT2D eigenvalue weighted by atomic mass is 16.7. The van der Waals surface area contributed by atoms with Crippen LogP contribution in [0.25, 0.3) is 0 Å². The molecule has 1 aliphatic carbocycles. The smallest absolute Gasteiger partial charge is 0.306 e. The van der Waals surface area contributed by atoms with Gasteiger partial charge in [0.2, 0.25) is 0 Å². The summed E-state index contributed by atoms with van der Waals surface area (Å²) in [5.41, 5.74) is 0.678. The van der Waals surface area contributed by atoms with Crippen LogP contribution in [0, 0.1) is 5.41 Å². The lowest BCUT2D eigenvalue weighted by molar-refractivity contribution is -0.227. The van der Waals surface area contributed by atoms with E-state index in [9.17, 15) is 4.79 Å². The first-order valence-corrected chi connectivity index (χ1v) is 8.17. The van der Waals surface area contributed by atoms with Crippen molar-refractivity contribution in [2.24, 2.45) is 5.41 Å². The van der Waals surface area contributed by atoms with Crippen molar-refractivity contribution in [1.29, 1.82) is 0 Å². The molecule has 5 heteroatoms. The highest BCUT2D eigenvalue weighted by Crippen LogP contribution is 2.54. The normalized spacial score (nSPS) is 32.2. The molecule has 0 aromatic heterocycles. The second-order valence-corrected chi connectivity index (χ2v) is 6.27. The van der Waals surface area contributed by atoms with Gasteiger partial charge in [-0.3, -0.25) is 4.79 Å². The van der Waals surface area contributed by atoms with Crippen LogP contribution in [0.5, 0.6) is 0 Å². The first-order chi connectivity index (χ1) is 11.2. The first-order valence-electron chi connectivity index (χ1n) is 8.17. The Balaban J connectivity index is 1.72. The van der Waals surface area contributed by atoms with E-state index in [-0.39, 0.29) is 24.6 Å². The lowest BCUT2D eigenvalue weighted by atomic mass is 9.80. The molecule has 1 saturated carbocycles. The summed E-state index contributed by atoms with van der Waals surface area (Å²) in [5, 5.41) is 0.